The minimum absolute atomic E-state index is 0.0467. The van der Waals surface area contributed by atoms with Crippen LogP contribution in [0.1, 0.15) is 33.6 Å². The summed E-state index contributed by atoms with van der Waals surface area (Å²) in [6, 6.07) is 7.00. The predicted molar refractivity (Wildman–Crippen MR) is 84.7 cm³/mol. The second-order valence-electron chi connectivity index (χ2n) is 5.34. The number of ether oxygens (including phenoxy) is 1. The van der Waals surface area contributed by atoms with E-state index in [4.69, 9.17) is 9.84 Å². The fraction of sp³-hybridized carbons (Fsp3) is 0.562. The molecular formula is C16H26N2O3. The summed E-state index contributed by atoms with van der Waals surface area (Å²) in [5.74, 6) is 1.01. The van der Waals surface area contributed by atoms with Gasteiger partial charge < -0.3 is 20.5 Å². The molecule has 0 aliphatic rings. The van der Waals surface area contributed by atoms with Crippen molar-refractivity contribution in [2.45, 2.75) is 39.7 Å². The molecule has 0 aliphatic heterocycles. The van der Waals surface area contributed by atoms with Gasteiger partial charge in [-0.25, -0.2) is 4.79 Å². The highest BCUT2D eigenvalue weighted by Gasteiger charge is 2.15. The van der Waals surface area contributed by atoms with Gasteiger partial charge in [0.15, 0.2) is 0 Å². The Morgan fingerprint density at radius 3 is 2.76 bits per heavy atom. The topological polar surface area (TPSA) is 70.6 Å². The number of amides is 2. The number of carbonyl (C=O) groups is 1. The molecule has 0 saturated carbocycles. The molecule has 0 spiro atoms. The first-order valence-corrected chi connectivity index (χ1v) is 7.48. The number of benzene rings is 1. The summed E-state index contributed by atoms with van der Waals surface area (Å²) in [7, 11) is 0. The van der Waals surface area contributed by atoms with Crippen LogP contribution in [0.25, 0.3) is 0 Å². The highest BCUT2D eigenvalue weighted by molar-refractivity contribution is 5.89. The van der Waals surface area contributed by atoms with Crippen LogP contribution in [0.5, 0.6) is 5.75 Å². The van der Waals surface area contributed by atoms with Gasteiger partial charge in [-0.3, -0.25) is 0 Å². The fourth-order valence-corrected chi connectivity index (χ4v) is 1.93. The largest absolute Gasteiger partial charge is 0.494 e. The van der Waals surface area contributed by atoms with Gasteiger partial charge in [0, 0.05) is 24.4 Å². The van der Waals surface area contributed by atoms with Crippen LogP contribution in [0.3, 0.4) is 0 Å². The molecule has 3 N–H and O–H groups in total. The van der Waals surface area contributed by atoms with E-state index in [1.165, 1.54) is 0 Å². The summed E-state index contributed by atoms with van der Waals surface area (Å²) in [4.78, 5) is 12.0. The van der Waals surface area contributed by atoms with Crippen molar-refractivity contribution in [2.24, 2.45) is 5.92 Å². The summed E-state index contributed by atoms with van der Waals surface area (Å²) < 4.78 is 5.53. The molecule has 5 heteroatoms. The second kappa shape index (κ2) is 9.23. The van der Waals surface area contributed by atoms with Crippen molar-refractivity contribution < 1.29 is 14.6 Å². The van der Waals surface area contributed by atoms with E-state index in [1.54, 1.807) is 6.07 Å². The number of urea groups is 1. The van der Waals surface area contributed by atoms with Gasteiger partial charge >= 0.3 is 6.03 Å². The first-order valence-electron chi connectivity index (χ1n) is 7.48. The van der Waals surface area contributed by atoms with E-state index < -0.39 is 0 Å². The van der Waals surface area contributed by atoms with Crippen LogP contribution in [0.4, 0.5) is 10.5 Å². The summed E-state index contributed by atoms with van der Waals surface area (Å²) >= 11 is 0. The monoisotopic (exact) mass is 294 g/mol. The molecule has 1 rings (SSSR count). The molecule has 5 nitrogen and oxygen atoms in total. The van der Waals surface area contributed by atoms with E-state index in [0.717, 1.165) is 12.2 Å². The lowest BCUT2D eigenvalue weighted by Crippen LogP contribution is -2.41. The molecule has 0 aromatic heterocycles. The third-order valence-corrected chi connectivity index (χ3v) is 3.13. The first-order chi connectivity index (χ1) is 10.1. The van der Waals surface area contributed by atoms with E-state index in [0.29, 0.717) is 18.7 Å². The Balaban J connectivity index is 2.57. The summed E-state index contributed by atoms with van der Waals surface area (Å²) in [5.41, 5.74) is 0.688. The van der Waals surface area contributed by atoms with Gasteiger partial charge in [0.25, 0.3) is 0 Å². The van der Waals surface area contributed by atoms with Gasteiger partial charge in [0.2, 0.25) is 0 Å². The number of anilines is 1. The number of aliphatic hydroxyl groups is 1. The van der Waals surface area contributed by atoms with E-state index in [1.807, 2.05) is 39.0 Å². The van der Waals surface area contributed by atoms with Crippen LogP contribution >= 0.6 is 0 Å². The molecule has 1 aromatic carbocycles. The van der Waals surface area contributed by atoms with E-state index in [-0.39, 0.29) is 24.6 Å². The van der Waals surface area contributed by atoms with E-state index in [2.05, 4.69) is 10.6 Å². The zero-order chi connectivity index (χ0) is 15.7. The van der Waals surface area contributed by atoms with Crippen LogP contribution in [-0.4, -0.2) is 30.4 Å². The van der Waals surface area contributed by atoms with Crippen LogP contribution in [0, 0.1) is 5.92 Å². The molecular weight excluding hydrogens is 268 g/mol. The number of nitrogens with one attached hydrogen (secondary N) is 2. The number of hydrogen-bond donors (Lipinski definition) is 3. The number of hydrogen-bond acceptors (Lipinski definition) is 3. The van der Waals surface area contributed by atoms with E-state index >= 15 is 0 Å². The molecule has 1 unspecified atom stereocenters. The Bertz CT molecular complexity index is 435. The standard InChI is InChI=1S/C16H26N2O3/c1-4-10-21-14-7-5-6-13(11-14)17-16(20)18-15(8-9-19)12(2)3/h5-7,11-12,15,19H,4,8-10H2,1-3H3,(H2,17,18,20). The van der Waals surface area contributed by atoms with Crippen molar-refractivity contribution in [1.82, 2.24) is 5.32 Å². The van der Waals surface area contributed by atoms with Crippen molar-refractivity contribution in [3.05, 3.63) is 24.3 Å². The third-order valence-electron chi connectivity index (χ3n) is 3.13. The van der Waals surface area contributed by atoms with Crippen LogP contribution in [0.2, 0.25) is 0 Å². The zero-order valence-corrected chi connectivity index (χ0v) is 13.1. The average Bonchev–Trinajstić information content (AvgIpc) is 2.45. The highest BCUT2D eigenvalue weighted by atomic mass is 16.5. The van der Waals surface area contributed by atoms with Crippen LogP contribution in [0.15, 0.2) is 24.3 Å². The van der Waals surface area contributed by atoms with Crippen molar-refractivity contribution in [2.75, 3.05) is 18.5 Å². The molecule has 0 saturated heterocycles. The number of rotatable bonds is 8. The Morgan fingerprint density at radius 1 is 1.38 bits per heavy atom. The Kier molecular flexibility index (Phi) is 7.61. The number of carbonyl (C=O) groups excluding carboxylic acids is 1. The zero-order valence-electron chi connectivity index (χ0n) is 13.1. The maximum absolute atomic E-state index is 12.0. The Morgan fingerprint density at radius 2 is 2.14 bits per heavy atom. The van der Waals surface area contributed by atoms with Gasteiger partial charge in [-0.05, 0) is 30.9 Å². The molecule has 118 valence electrons. The first kappa shape index (κ1) is 17.3. The molecule has 21 heavy (non-hydrogen) atoms. The minimum atomic E-state index is -0.269. The van der Waals surface area contributed by atoms with Gasteiger partial charge in [-0.15, -0.1) is 0 Å². The smallest absolute Gasteiger partial charge is 0.319 e. The predicted octanol–water partition coefficient (Wildman–Crippen LogP) is 3.00. The maximum atomic E-state index is 12.0. The third kappa shape index (κ3) is 6.49. The highest BCUT2D eigenvalue weighted by Crippen LogP contribution is 2.17. The molecule has 0 aliphatic carbocycles. The second-order valence-corrected chi connectivity index (χ2v) is 5.34. The Labute approximate surface area is 126 Å². The lowest BCUT2D eigenvalue weighted by Gasteiger charge is -2.21. The molecule has 0 bridgehead atoms. The SMILES string of the molecule is CCCOc1cccc(NC(=O)NC(CCO)C(C)C)c1. The lowest BCUT2D eigenvalue weighted by atomic mass is 10.0. The van der Waals surface area contributed by atoms with Gasteiger partial charge in [0.1, 0.15) is 5.75 Å². The molecule has 1 aromatic rings. The molecule has 0 radical (unpaired) electrons. The van der Waals surface area contributed by atoms with Gasteiger partial charge in [-0.2, -0.15) is 0 Å². The van der Waals surface area contributed by atoms with Crippen molar-refractivity contribution in [3.8, 4) is 5.75 Å². The fourth-order valence-electron chi connectivity index (χ4n) is 1.93. The molecule has 0 heterocycles. The van der Waals surface area contributed by atoms with E-state index in [9.17, 15) is 4.79 Å². The average molecular weight is 294 g/mol. The summed E-state index contributed by atoms with van der Waals surface area (Å²) in [6.45, 7) is 6.79. The number of aliphatic hydroxyl groups excluding tert-OH is 1. The minimum Gasteiger partial charge on any atom is -0.494 e. The maximum Gasteiger partial charge on any atom is 0.319 e. The van der Waals surface area contributed by atoms with Crippen molar-refractivity contribution in [3.63, 3.8) is 0 Å². The molecule has 2 amide bonds. The van der Waals surface area contributed by atoms with Gasteiger partial charge in [0.05, 0.1) is 6.61 Å². The summed E-state index contributed by atoms with van der Waals surface area (Å²) in [5, 5.41) is 14.7. The molecule has 0 fully saturated rings. The van der Waals surface area contributed by atoms with Crippen LogP contribution < -0.4 is 15.4 Å². The molecule has 1 atom stereocenters. The quantitative estimate of drug-likeness (QED) is 0.690. The van der Waals surface area contributed by atoms with Crippen LogP contribution in [-0.2, 0) is 0 Å². The van der Waals surface area contributed by atoms with Crippen molar-refractivity contribution >= 4 is 11.7 Å². The van der Waals surface area contributed by atoms with Crippen molar-refractivity contribution in [1.29, 1.82) is 0 Å². The normalized spacial score (nSPS) is 12.0. The van der Waals surface area contributed by atoms with Gasteiger partial charge in [-0.1, -0.05) is 26.8 Å². The summed E-state index contributed by atoms with van der Waals surface area (Å²) in [6.07, 6.45) is 1.49. The Hall–Kier alpha value is -1.75. The lowest BCUT2D eigenvalue weighted by molar-refractivity contribution is 0.227.